The third-order valence-electron chi connectivity index (χ3n) is 5.00. The van der Waals surface area contributed by atoms with Crippen LogP contribution in [0, 0.1) is 11.6 Å². The van der Waals surface area contributed by atoms with E-state index in [0.29, 0.717) is 30.1 Å². The summed E-state index contributed by atoms with van der Waals surface area (Å²) in [7, 11) is 0. The van der Waals surface area contributed by atoms with Crippen LogP contribution < -0.4 is 5.32 Å². The lowest BCUT2D eigenvalue weighted by Gasteiger charge is -2.34. The van der Waals surface area contributed by atoms with Gasteiger partial charge in [-0.15, -0.1) is 0 Å². The van der Waals surface area contributed by atoms with Crippen molar-refractivity contribution in [1.82, 2.24) is 20.4 Å². The fourth-order valence-corrected chi connectivity index (χ4v) is 3.50. The topological polar surface area (TPSA) is 80.9 Å². The molecule has 2 heterocycles. The van der Waals surface area contributed by atoms with E-state index >= 15 is 0 Å². The van der Waals surface area contributed by atoms with E-state index in [1.807, 2.05) is 6.07 Å². The van der Waals surface area contributed by atoms with Crippen molar-refractivity contribution in [1.29, 1.82) is 0 Å². The summed E-state index contributed by atoms with van der Waals surface area (Å²) in [5.74, 6) is -1.89. The number of carbonyl (C=O) groups excluding carboxylic acids is 1. The number of nitrogens with one attached hydrogen (secondary N) is 1. The summed E-state index contributed by atoms with van der Waals surface area (Å²) < 4.78 is 32.2. The molecule has 1 saturated carbocycles. The number of halogens is 2. The molecule has 0 unspecified atom stereocenters. The molecule has 144 valence electrons. The van der Waals surface area contributed by atoms with Crippen LogP contribution in [-0.4, -0.2) is 21.0 Å². The van der Waals surface area contributed by atoms with Crippen LogP contribution in [0.4, 0.5) is 8.78 Å². The summed E-state index contributed by atoms with van der Waals surface area (Å²) in [6, 6.07) is 6.65. The molecule has 1 aromatic carbocycles. The average molecular weight is 384 g/mol. The molecule has 0 bridgehead atoms. The zero-order chi connectivity index (χ0) is 19.6. The Hall–Kier alpha value is -3.16. The Kier molecular flexibility index (Phi) is 4.85. The normalized spacial score (nSPS) is 15.9. The maximum atomic E-state index is 13.5. The predicted molar refractivity (Wildman–Crippen MR) is 96.1 cm³/mol. The number of amides is 1. The molecule has 8 heteroatoms. The molecule has 1 amide bonds. The average Bonchev–Trinajstić information content (AvgIpc) is 3.22. The van der Waals surface area contributed by atoms with Crippen molar-refractivity contribution in [2.24, 2.45) is 0 Å². The molecular formula is C20H18F2N4O2. The molecule has 0 atom stereocenters. The highest BCUT2D eigenvalue weighted by Crippen LogP contribution is 2.37. The third kappa shape index (κ3) is 3.49. The first kappa shape index (κ1) is 18.2. The Morgan fingerprint density at radius 3 is 2.64 bits per heavy atom. The lowest BCUT2D eigenvalue weighted by Crippen LogP contribution is -2.47. The molecular weight excluding hydrogens is 366 g/mol. The molecule has 6 nitrogen and oxygen atoms in total. The maximum absolute atomic E-state index is 13.5. The largest absolute Gasteiger partial charge is 0.338 e. The van der Waals surface area contributed by atoms with E-state index in [1.165, 1.54) is 6.07 Å². The molecule has 0 spiro atoms. The summed E-state index contributed by atoms with van der Waals surface area (Å²) >= 11 is 0. The van der Waals surface area contributed by atoms with Gasteiger partial charge in [0.05, 0.1) is 0 Å². The molecule has 3 aromatic rings. The van der Waals surface area contributed by atoms with Crippen LogP contribution in [0.1, 0.15) is 48.4 Å². The van der Waals surface area contributed by atoms with Crippen molar-refractivity contribution in [3.63, 3.8) is 0 Å². The van der Waals surface area contributed by atoms with Crippen molar-refractivity contribution in [3.8, 4) is 11.4 Å². The van der Waals surface area contributed by atoms with Gasteiger partial charge >= 0.3 is 0 Å². The number of hydrogen-bond acceptors (Lipinski definition) is 5. The zero-order valence-corrected chi connectivity index (χ0v) is 15.0. The van der Waals surface area contributed by atoms with Crippen molar-refractivity contribution in [3.05, 3.63) is 65.8 Å². The van der Waals surface area contributed by atoms with Crippen LogP contribution >= 0.6 is 0 Å². The lowest BCUT2D eigenvalue weighted by molar-refractivity contribution is 0.0824. The summed E-state index contributed by atoms with van der Waals surface area (Å²) in [6.45, 7) is 0. The van der Waals surface area contributed by atoms with E-state index in [4.69, 9.17) is 4.52 Å². The summed E-state index contributed by atoms with van der Waals surface area (Å²) in [5, 5.41) is 6.96. The van der Waals surface area contributed by atoms with Crippen LogP contribution in [0.15, 0.2) is 47.2 Å². The predicted octanol–water partition coefficient (Wildman–Crippen LogP) is 4.00. The molecule has 4 rings (SSSR count). The number of rotatable bonds is 4. The second-order valence-electron chi connectivity index (χ2n) is 6.89. The second-order valence-corrected chi connectivity index (χ2v) is 6.89. The van der Waals surface area contributed by atoms with Crippen molar-refractivity contribution < 1.29 is 18.1 Å². The molecule has 28 heavy (non-hydrogen) atoms. The molecule has 1 N–H and O–H groups in total. The number of carbonyl (C=O) groups is 1. The number of benzene rings is 1. The van der Waals surface area contributed by atoms with Crippen molar-refractivity contribution >= 4 is 5.91 Å². The maximum Gasteiger partial charge on any atom is 0.252 e. The van der Waals surface area contributed by atoms with Gasteiger partial charge in [0.1, 0.15) is 5.54 Å². The Balaban J connectivity index is 1.64. The fourth-order valence-electron chi connectivity index (χ4n) is 3.50. The van der Waals surface area contributed by atoms with Gasteiger partial charge in [-0.25, -0.2) is 8.78 Å². The van der Waals surface area contributed by atoms with Gasteiger partial charge in [0.25, 0.3) is 11.8 Å². The van der Waals surface area contributed by atoms with Crippen molar-refractivity contribution in [2.45, 2.75) is 37.6 Å². The van der Waals surface area contributed by atoms with Gasteiger partial charge in [-0.2, -0.15) is 4.98 Å². The highest BCUT2D eigenvalue weighted by atomic mass is 19.2. The van der Waals surface area contributed by atoms with E-state index in [0.717, 1.165) is 31.4 Å². The molecule has 1 fully saturated rings. The van der Waals surface area contributed by atoms with Crippen LogP contribution in [0.25, 0.3) is 11.4 Å². The van der Waals surface area contributed by atoms with E-state index in [9.17, 15) is 13.6 Å². The second kappa shape index (κ2) is 7.46. The minimum absolute atomic E-state index is 0.0378. The molecule has 1 aliphatic carbocycles. The Labute approximate surface area is 160 Å². The summed E-state index contributed by atoms with van der Waals surface area (Å²) in [4.78, 5) is 21.3. The molecule has 2 aromatic heterocycles. The van der Waals surface area contributed by atoms with E-state index in [2.05, 4.69) is 20.4 Å². The Bertz CT molecular complexity index is 985. The quantitative estimate of drug-likeness (QED) is 0.735. The van der Waals surface area contributed by atoms with Gasteiger partial charge < -0.3 is 9.84 Å². The van der Waals surface area contributed by atoms with Gasteiger partial charge in [-0.05, 0) is 43.2 Å². The monoisotopic (exact) mass is 384 g/mol. The number of aromatic nitrogens is 3. The number of hydrogen-bond donors (Lipinski definition) is 1. The minimum atomic E-state index is -1.07. The van der Waals surface area contributed by atoms with Crippen LogP contribution in [-0.2, 0) is 5.54 Å². The van der Waals surface area contributed by atoms with Crippen LogP contribution in [0.2, 0.25) is 0 Å². The number of nitrogens with zero attached hydrogens (tertiary/aromatic N) is 3. The highest BCUT2D eigenvalue weighted by molar-refractivity contribution is 5.94. The lowest BCUT2D eigenvalue weighted by atomic mass is 9.81. The van der Waals surface area contributed by atoms with Gasteiger partial charge in [-0.3, -0.25) is 9.78 Å². The minimum Gasteiger partial charge on any atom is -0.338 e. The van der Waals surface area contributed by atoms with E-state index < -0.39 is 23.1 Å². The molecule has 1 aliphatic rings. The fraction of sp³-hybridized carbons (Fsp3) is 0.300. The van der Waals surface area contributed by atoms with Crippen LogP contribution in [0.3, 0.4) is 0 Å². The summed E-state index contributed by atoms with van der Waals surface area (Å²) in [6.07, 6.45) is 7.31. The highest BCUT2D eigenvalue weighted by Gasteiger charge is 2.41. The smallest absolute Gasteiger partial charge is 0.252 e. The first-order chi connectivity index (χ1) is 13.6. The first-order valence-electron chi connectivity index (χ1n) is 9.10. The summed E-state index contributed by atoms with van der Waals surface area (Å²) in [5.41, 5.74) is -0.0977. The van der Waals surface area contributed by atoms with Gasteiger partial charge in [0, 0.05) is 23.5 Å². The third-order valence-corrected chi connectivity index (χ3v) is 5.00. The van der Waals surface area contributed by atoms with E-state index in [1.54, 1.807) is 18.5 Å². The standard InChI is InChI=1S/C20H18F2N4O2/c21-15-7-6-13(11-16(15)22)18(27)25-20(8-2-1-3-9-20)19-24-17(26-28-19)14-5-4-10-23-12-14/h4-7,10-12H,1-3,8-9H2,(H,25,27). The SMILES string of the molecule is O=C(NC1(c2nc(-c3cccnc3)no2)CCCCC1)c1ccc(F)c(F)c1. The van der Waals surface area contributed by atoms with Gasteiger partial charge in [0.2, 0.25) is 5.82 Å². The molecule has 0 aliphatic heterocycles. The number of pyridine rings is 1. The molecule has 0 radical (unpaired) electrons. The molecule has 0 saturated heterocycles. The zero-order valence-electron chi connectivity index (χ0n) is 15.0. The van der Waals surface area contributed by atoms with Crippen molar-refractivity contribution in [2.75, 3.05) is 0 Å². The first-order valence-corrected chi connectivity index (χ1v) is 9.10. The Morgan fingerprint density at radius 1 is 1.11 bits per heavy atom. The van der Waals surface area contributed by atoms with Gasteiger partial charge in [0.15, 0.2) is 11.6 Å². The van der Waals surface area contributed by atoms with Crippen LogP contribution in [0.5, 0.6) is 0 Å². The van der Waals surface area contributed by atoms with Gasteiger partial charge in [-0.1, -0.05) is 24.4 Å². The Morgan fingerprint density at radius 2 is 1.93 bits per heavy atom. The van der Waals surface area contributed by atoms with E-state index in [-0.39, 0.29) is 5.56 Å².